The zero-order valence-electron chi connectivity index (χ0n) is 7.59. The summed E-state index contributed by atoms with van der Waals surface area (Å²) in [5, 5.41) is 9.92. The molecule has 0 radical (unpaired) electrons. The first-order chi connectivity index (χ1) is 6.24. The van der Waals surface area contributed by atoms with Crippen LogP contribution in [0, 0.1) is 0 Å². The summed E-state index contributed by atoms with van der Waals surface area (Å²) in [5.41, 5.74) is 0. The van der Waals surface area contributed by atoms with E-state index in [0.29, 0.717) is 17.4 Å². The van der Waals surface area contributed by atoms with E-state index in [9.17, 15) is 5.11 Å². The Bertz CT molecular complexity index is 274. The van der Waals surface area contributed by atoms with Crippen LogP contribution < -0.4 is 4.74 Å². The van der Waals surface area contributed by atoms with E-state index in [1.807, 2.05) is 0 Å². The van der Waals surface area contributed by atoms with Gasteiger partial charge < -0.3 is 9.84 Å². The molecule has 0 aromatic heterocycles. The normalized spacial score (nSPS) is 10.0. The van der Waals surface area contributed by atoms with Crippen molar-refractivity contribution in [2.24, 2.45) is 0 Å². The van der Waals surface area contributed by atoms with E-state index in [4.69, 9.17) is 16.3 Å². The van der Waals surface area contributed by atoms with Crippen LogP contribution >= 0.6 is 11.6 Å². The summed E-state index contributed by atoms with van der Waals surface area (Å²) < 4.78 is 5.32. The molecule has 0 aliphatic heterocycles. The Hall–Kier alpha value is -0.890. The van der Waals surface area contributed by atoms with Crippen molar-refractivity contribution >= 4 is 11.6 Å². The summed E-state index contributed by atoms with van der Waals surface area (Å²) in [6.07, 6.45) is 2.05. The summed E-state index contributed by atoms with van der Waals surface area (Å²) >= 11 is 5.74. The van der Waals surface area contributed by atoms with Gasteiger partial charge in [-0.2, -0.15) is 0 Å². The molecule has 1 rings (SSSR count). The smallest absolute Gasteiger partial charge is 0.162 e. The third-order valence-corrected chi connectivity index (χ3v) is 1.91. The maximum absolute atomic E-state index is 9.35. The third-order valence-electron chi connectivity index (χ3n) is 1.68. The van der Waals surface area contributed by atoms with Gasteiger partial charge >= 0.3 is 0 Å². The summed E-state index contributed by atoms with van der Waals surface area (Å²) in [4.78, 5) is 0. The van der Waals surface area contributed by atoms with Gasteiger partial charge in [-0.15, -0.1) is 0 Å². The lowest BCUT2D eigenvalue weighted by Crippen LogP contribution is -1.96. The van der Waals surface area contributed by atoms with Crippen molar-refractivity contribution in [3.8, 4) is 11.5 Å². The number of halogens is 1. The van der Waals surface area contributed by atoms with Crippen molar-refractivity contribution in [3.05, 3.63) is 23.2 Å². The second kappa shape index (κ2) is 4.97. The van der Waals surface area contributed by atoms with Crippen molar-refractivity contribution < 1.29 is 9.84 Å². The number of hydrogen-bond donors (Lipinski definition) is 1. The van der Waals surface area contributed by atoms with Gasteiger partial charge in [-0.1, -0.05) is 24.9 Å². The van der Waals surface area contributed by atoms with Gasteiger partial charge in [0.05, 0.1) is 6.61 Å². The maximum atomic E-state index is 9.35. The van der Waals surface area contributed by atoms with Crippen LogP contribution in [0.1, 0.15) is 19.8 Å². The largest absolute Gasteiger partial charge is 0.504 e. The number of aromatic hydroxyl groups is 1. The predicted octanol–water partition coefficient (Wildman–Crippen LogP) is 3.22. The van der Waals surface area contributed by atoms with Gasteiger partial charge in [0.25, 0.3) is 0 Å². The average Bonchev–Trinajstić information content (AvgIpc) is 2.11. The lowest BCUT2D eigenvalue weighted by molar-refractivity contribution is 0.293. The van der Waals surface area contributed by atoms with Gasteiger partial charge in [0.2, 0.25) is 0 Å². The number of phenolic OH excluding ortho intramolecular Hbond substituents is 1. The Morgan fingerprint density at radius 3 is 2.92 bits per heavy atom. The average molecular weight is 201 g/mol. The van der Waals surface area contributed by atoms with Crippen LogP contribution in [0.25, 0.3) is 0 Å². The van der Waals surface area contributed by atoms with Gasteiger partial charge in [0, 0.05) is 11.1 Å². The highest BCUT2D eigenvalue weighted by atomic mass is 35.5. The predicted molar refractivity (Wildman–Crippen MR) is 53.5 cm³/mol. The molecule has 72 valence electrons. The first-order valence-corrected chi connectivity index (χ1v) is 4.73. The molecule has 13 heavy (non-hydrogen) atoms. The number of hydrogen-bond acceptors (Lipinski definition) is 2. The van der Waals surface area contributed by atoms with E-state index in [0.717, 1.165) is 12.8 Å². The second-order valence-corrected chi connectivity index (χ2v) is 3.25. The van der Waals surface area contributed by atoms with Crippen molar-refractivity contribution in [1.82, 2.24) is 0 Å². The molecular weight excluding hydrogens is 188 g/mol. The van der Waals surface area contributed by atoms with Gasteiger partial charge in [-0.3, -0.25) is 0 Å². The summed E-state index contributed by atoms with van der Waals surface area (Å²) in [7, 11) is 0. The fraction of sp³-hybridized carbons (Fsp3) is 0.400. The maximum Gasteiger partial charge on any atom is 0.162 e. The fourth-order valence-corrected chi connectivity index (χ4v) is 1.09. The Kier molecular flexibility index (Phi) is 3.90. The molecule has 0 aliphatic rings. The molecule has 0 bridgehead atoms. The quantitative estimate of drug-likeness (QED) is 0.757. The monoisotopic (exact) mass is 200 g/mol. The van der Waals surface area contributed by atoms with E-state index >= 15 is 0 Å². The number of phenols is 1. The molecule has 1 aromatic rings. The third kappa shape index (κ3) is 3.15. The molecule has 1 N–H and O–H groups in total. The molecule has 0 fully saturated rings. The number of unbranched alkanes of at least 4 members (excludes halogenated alkanes) is 1. The summed E-state index contributed by atoms with van der Waals surface area (Å²) in [6, 6.07) is 4.78. The lowest BCUT2D eigenvalue weighted by atomic mass is 10.3. The van der Waals surface area contributed by atoms with E-state index in [2.05, 4.69) is 6.92 Å². The molecule has 0 heterocycles. The van der Waals surface area contributed by atoms with Crippen molar-refractivity contribution in [2.45, 2.75) is 19.8 Å². The Labute approximate surface area is 83.1 Å². The summed E-state index contributed by atoms with van der Waals surface area (Å²) in [5.74, 6) is 0.599. The van der Waals surface area contributed by atoms with E-state index in [-0.39, 0.29) is 5.75 Å². The Balaban J connectivity index is 2.59. The van der Waals surface area contributed by atoms with Gasteiger partial charge in [-0.25, -0.2) is 0 Å². The topological polar surface area (TPSA) is 29.5 Å². The van der Waals surface area contributed by atoms with Crippen LogP contribution in [0.4, 0.5) is 0 Å². The second-order valence-electron chi connectivity index (χ2n) is 2.81. The minimum absolute atomic E-state index is 0.139. The molecule has 0 saturated carbocycles. The Morgan fingerprint density at radius 1 is 1.46 bits per heavy atom. The molecule has 3 heteroatoms. The minimum Gasteiger partial charge on any atom is -0.504 e. The highest BCUT2D eigenvalue weighted by molar-refractivity contribution is 6.30. The molecule has 0 amide bonds. The molecule has 0 aliphatic carbocycles. The molecule has 0 saturated heterocycles. The van der Waals surface area contributed by atoms with Crippen LogP contribution in [0.3, 0.4) is 0 Å². The zero-order valence-corrected chi connectivity index (χ0v) is 8.34. The van der Waals surface area contributed by atoms with Crippen LogP contribution in [0.15, 0.2) is 18.2 Å². The molecule has 0 unspecified atom stereocenters. The standard InChI is InChI=1S/C10H13ClO2/c1-2-3-6-13-10-7-8(11)4-5-9(10)12/h4-5,7,12H,2-3,6H2,1H3. The highest BCUT2D eigenvalue weighted by Gasteiger charge is 2.01. The number of ether oxygens (including phenoxy) is 1. The SMILES string of the molecule is CCCCOc1cc(Cl)ccc1O. The van der Waals surface area contributed by atoms with E-state index in [1.165, 1.54) is 6.07 Å². The first-order valence-electron chi connectivity index (χ1n) is 4.35. The van der Waals surface area contributed by atoms with Gasteiger partial charge in [0.15, 0.2) is 11.5 Å². The fourth-order valence-electron chi connectivity index (χ4n) is 0.930. The molecule has 1 aromatic carbocycles. The summed E-state index contributed by atoms with van der Waals surface area (Å²) in [6.45, 7) is 2.70. The van der Waals surface area contributed by atoms with Crippen molar-refractivity contribution in [2.75, 3.05) is 6.61 Å². The van der Waals surface area contributed by atoms with Gasteiger partial charge in [0.1, 0.15) is 0 Å². The lowest BCUT2D eigenvalue weighted by Gasteiger charge is -2.07. The number of benzene rings is 1. The Morgan fingerprint density at radius 2 is 2.23 bits per heavy atom. The van der Waals surface area contributed by atoms with Crippen molar-refractivity contribution in [1.29, 1.82) is 0 Å². The van der Waals surface area contributed by atoms with Crippen LogP contribution in [-0.4, -0.2) is 11.7 Å². The van der Waals surface area contributed by atoms with Crippen molar-refractivity contribution in [3.63, 3.8) is 0 Å². The van der Waals surface area contributed by atoms with Gasteiger partial charge in [-0.05, 0) is 18.6 Å². The van der Waals surface area contributed by atoms with Crippen LogP contribution in [-0.2, 0) is 0 Å². The zero-order chi connectivity index (χ0) is 9.68. The van der Waals surface area contributed by atoms with Crippen LogP contribution in [0.2, 0.25) is 5.02 Å². The molecular formula is C10H13ClO2. The molecule has 2 nitrogen and oxygen atoms in total. The minimum atomic E-state index is 0.139. The van der Waals surface area contributed by atoms with Crippen LogP contribution in [0.5, 0.6) is 11.5 Å². The molecule has 0 atom stereocenters. The number of rotatable bonds is 4. The van der Waals surface area contributed by atoms with E-state index in [1.54, 1.807) is 12.1 Å². The molecule has 0 spiro atoms. The van der Waals surface area contributed by atoms with E-state index < -0.39 is 0 Å². The first kappa shape index (κ1) is 10.2. The highest BCUT2D eigenvalue weighted by Crippen LogP contribution is 2.28.